The summed E-state index contributed by atoms with van der Waals surface area (Å²) in [7, 11) is 0. The third-order valence-electron chi connectivity index (χ3n) is 2.21. The molecule has 0 saturated carbocycles. The molecule has 1 unspecified atom stereocenters. The van der Waals surface area contributed by atoms with Crippen LogP contribution in [0.5, 0.6) is 0 Å². The summed E-state index contributed by atoms with van der Waals surface area (Å²) >= 11 is 5.61. The van der Waals surface area contributed by atoms with Crippen molar-refractivity contribution in [2.24, 2.45) is 11.1 Å². The molecule has 1 atom stereocenters. The van der Waals surface area contributed by atoms with E-state index in [4.69, 9.17) is 17.3 Å². The highest BCUT2D eigenvalue weighted by molar-refractivity contribution is 6.30. The molecule has 1 rings (SSSR count). The molecule has 0 amide bonds. The molecular formula is C12H19ClFN3. The minimum absolute atomic E-state index is 0.0353. The van der Waals surface area contributed by atoms with Gasteiger partial charge in [-0.25, -0.2) is 9.37 Å². The second kappa shape index (κ2) is 5.65. The molecule has 0 aliphatic heterocycles. The molecule has 5 heteroatoms. The van der Waals surface area contributed by atoms with Crippen molar-refractivity contribution in [3.05, 3.63) is 23.1 Å². The lowest BCUT2D eigenvalue weighted by molar-refractivity contribution is 0.344. The number of hydrogen-bond acceptors (Lipinski definition) is 3. The molecule has 96 valence electrons. The number of nitrogens with two attached hydrogens (primary N) is 1. The molecular weight excluding hydrogens is 241 g/mol. The molecule has 1 heterocycles. The topological polar surface area (TPSA) is 50.9 Å². The van der Waals surface area contributed by atoms with Gasteiger partial charge in [0.1, 0.15) is 0 Å². The van der Waals surface area contributed by atoms with Crippen LogP contribution in [0.2, 0.25) is 5.02 Å². The average Bonchev–Trinajstić information content (AvgIpc) is 2.13. The van der Waals surface area contributed by atoms with Crippen molar-refractivity contribution in [1.82, 2.24) is 4.98 Å². The molecule has 0 bridgehead atoms. The fourth-order valence-electron chi connectivity index (χ4n) is 1.63. The molecule has 0 saturated heterocycles. The number of halogens is 2. The standard InChI is InChI=1S/C12H19ClFN3/c1-12(2,3)5-9(15)7-17-11-10(14)4-8(13)6-16-11/h4,6,9H,5,7,15H2,1-3H3,(H,16,17). The summed E-state index contributed by atoms with van der Waals surface area (Å²) in [6.45, 7) is 6.85. The van der Waals surface area contributed by atoms with Gasteiger partial charge in [-0.2, -0.15) is 0 Å². The van der Waals surface area contributed by atoms with Crippen LogP contribution in [0.4, 0.5) is 10.2 Å². The first-order valence-corrected chi connectivity index (χ1v) is 5.96. The van der Waals surface area contributed by atoms with Gasteiger partial charge in [0.2, 0.25) is 0 Å². The first kappa shape index (κ1) is 14.2. The van der Waals surface area contributed by atoms with E-state index in [0.717, 1.165) is 6.42 Å². The number of aromatic nitrogens is 1. The van der Waals surface area contributed by atoms with E-state index in [1.165, 1.54) is 12.3 Å². The van der Waals surface area contributed by atoms with E-state index in [1.54, 1.807) is 0 Å². The van der Waals surface area contributed by atoms with E-state index in [1.807, 2.05) is 0 Å². The van der Waals surface area contributed by atoms with Crippen LogP contribution in [0.25, 0.3) is 0 Å². The maximum absolute atomic E-state index is 13.4. The van der Waals surface area contributed by atoms with Gasteiger partial charge in [0.15, 0.2) is 11.6 Å². The Morgan fingerprint density at radius 2 is 2.18 bits per heavy atom. The smallest absolute Gasteiger partial charge is 0.166 e. The molecule has 0 aromatic carbocycles. The van der Waals surface area contributed by atoms with E-state index < -0.39 is 5.82 Å². The van der Waals surface area contributed by atoms with E-state index >= 15 is 0 Å². The Kier molecular flexibility index (Phi) is 4.71. The third-order valence-corrected chi connectivity index (χ3v) is 2.42. The zero-order chi connectivity index (χ0) is 13.1. The van der Waals surface area contributed by atoms with Crippen molar-refractivity contribution in [3.63, 3.8) is 0 Å². The Bertz CT molecular complexity index is 377. The Balaban J connectivity index is 2.50. The van der Waals surface area contributed by atoms with Crippen molar-refractivity contribution in [2.75, 3.05) is 11.9 Å². The predicted octanol–water partition coefficient (Wildman–Crippen LogP) is 3.05. The Morgan fingerprint density at radius 1 is 1.53 bits per heavy atom. The summed E-state index contributed by atoms with van der Waals surface area (Å²) in [6, 6.07) is 1.19. The van der Waals surface area contributed by atoms with Crippen molar-refractivity contribution in [2.45, 2.75) is 33.2 Å². The van der Waals surface area contributed by atoms with Crippen LogP contribution in [0.15, 0.2) is 12.3 Å². The minimum atomic E-state index is -0.458. The number of pyridine rings is 1. The van der Waals surface area contributed by atoms with Gasteiger partial charge in [0.25, 0.3) is 0 Å². The van der Waals surface area contributed by atoms with Gasteiger partial charge >= 0.3 is 0 Å². The van der Waals surface area contributed by atoms with E-state index in [9.17, 15) is 4.39 Å². The molecule has 1 aromatic rings. The maximum atomic E-state index is 13.4. The molecule has 0 radical (unpaired) electrons. The first-order valence-electron chi connectivity index (χ1n) is 5.58. The number of hydrogen-bond donors (Lipinski definition) is 2. The lowest BCUT2D eigenvalue weighted by Crippen LogP contribution is -2.33. The van der Waals surface area contributed by atoms with E-state index in [2.05, 4.69) is 31.1 Å². The number of nitrogens with one attached hydrogen (secondary N) is 1. The summed E-state index contributed by atoms with van der Waals surface area (Å²) in [5, 5.41) is 3.18. The average molecular weight is 260 g/mol. The number of nitrogens with zero attached hydrogens (tertiary/aromatic N) is 1. The van der Waals surface area contributed by atoms with Crippen LogP contribution >= 0.6 is 11.6 Å². The van der Waals surface area contributed by atoms with Crippen LogP contribution in [0.1, 0.15) is 27.2 Å². The fourth-order valence-corrected chi connectivity index (χ4v) is 1.78. The van der Waals surface area contributed by atoms with Gasteiger partial charge in [0, 0.05) is 18.8 Å². The second-order valence-electron chi connectivity index (χ2n) is 5.39. The third kappa shape index (κ3) is 5.33. The van der Waals surface area contributed by atoms with Gasteiger partial charge in [0.05, 0.1) is 5.02 Å². The van der Waals surface area contributed by atoms with Crippen LogP contribution < -0.4 is 11.1 Å². The van der Waals surface area contributed by atoms with Crippen LogP contribution in [0, 0.1) is 11.2 Å². The van der Waals surface area contributed by atoms with Crippen LogP contribution in [0.3, 0.4) is 0 Å². The van der Waals surface area contributed by atoms with Gasteiger partial charge < -0.3 is 11.1 Å². The molecule has 1 aromatic heterocycles. The molecule has 0 spiro atoms. The summed E-state index contributed by atoms with van der Waals surface area (Å²) in [4.78, 5) is 3.87. The summed E-state index contributed by atoms with van der Waals surface area (Å²) in [5.74, 6) is -0.265. The Hall–Kier alpha value is -0.870. The zero-order valence-electron chi connectivity index (χ0n) is 10.4. The monoisotopic (exact) mass is 259 g/mol. The van der Waals surface area contributed by atoms with Gasteiger partial charge in [-0.05, 0) is 17.9 Å². The van der Waals surface area contributed by atoms with Crippen LogP contribution in [-0.4, -0.2) is 17.6 Å². The maximum Gasteiger partial charge on any atom is 0.166 e. The zero-order valence-corrected chi connectivity index (χ0v) is 11.2. The van der Waals surface area contributed by atoms with Crippen molar-refractivity contribution in [3.8, 4) is 0 Å². The summed E-state index contributed by atoms with van der Waals surface area (Å²) in [5.41, 5.74) is 6.11. The minimum Gasteiger partial charge on any atom is -0.366 e. The number of anilines is 1. The lowest BCUT2D eigenvalue weighted by Gasteiger charge is -2.23. The summed E-state index contributed by atoms with van der Waals surface area (Å²) < 4.78 is 13.4. The Morgan fingerprint density at radius 3 is 2.71 bits per heavy atom. The van der Waals surface area contributed by atoms with Crippen molar-refractivity contribution >= 4 is 17.4 Å². The van der Waals surface area contributed by atoms with Gasteiger partial charge in [-0.1, -0.05) is 32.4 Å². The molecule has 0 aliphatic rings. The van der Waals surface area contributed by atoms with Crippen molar-refractivity contribution < 1.29 is 4.39 Å². The normalized spacial score (nSPS) is 13.5. The van der Waals surface area contributed by atoms with Crippen molar-refractivity contribution in [1.29, 1.82) is 0 Å². The predicted molar refractivity (Wildman–Crippen MR) is 69.7 cm³/mol. The van der Waals surface area contributed by atoms with Crippen LogP contribution in [-0.2, 0) is 0 Å². The Labute approximate surface area is 107 Å². The molecule has 0 fully saturated rings. The molecule has 3 N–H and O–H groups in total. The highest BCUT2D eigenvalue weighted by Crippen LogP contribution is 2.20. The fraction of sp³-hybridized carbons (Fsp3) is 0.583. The highest BCUT2D eigenvalue weighted by Gasteiger charge is 2.16. The highest BCUT2D eigenvalue weighted by atomic mass is 35.5. The van der Waals surface area contributed by atoms with E-state index in [-0.39, 0.29) is 22.3 Å². The second-order valence-corrected chi connectivity index (χ2v) is 5.83. The van der Waals surface area contributed by atoms with Gasteiger partial charge in [-0.15, -0.1) is 0 Å². The van der Waals surface area contributed by atoms with Gasteiger partial charge in [-0.3, -0.25) is 0 Å². The molecule has 0 aliphatic carbocycles. The first-order chi connectivity index (χ1) is 7.78. The lowest BCUT2D eigenvalue weighted by atomic mass is 9.88. The number of rotatable bonds is 4. The largest absolute Gasteiger partial charge is 0.366 e. The quantitative estimate of drug-likeness (QED) is 0.874. The summed E-state index contributed by atoms with van der Waals surface area (Å²) in [6.07, 6.45) is 2.26. The molecule has 3 nitrogen and oxygen atoms in total. The molecule has 17 heavy (non-hydrogen) atoms. The SMILES string of the molecule is CC(C)(C)CC(N)CNc1ncc(Cl)cc1F. The van der Waals surface area contributed by atoms with E-state index in [0.29, 0.717) is 6.54 Å².